The zero-order chi connectivity index (χ0) is 10.7. The largest absolute Gasteiger partial charge is 0.508 e. The molecule has 2 nitrogen and oxygen atoms in total. The number of aromatic hydroxyl groups is 1. The summed E-state index contributed by atoms with van der Waals surface area (Å²) in [5.74, 6) is 1.02. The van der Waals surface area contributed by atoms with Crippen molar-refractivity contribution >= 4 is 0 Å². The molecule has 1 N–H and O–H groups in total. The van der Waals surface area contributed by atoms with Crippen LogP contribution in [-0.4, -0.2) is 29.6 Å². The average Bonchev–Trinajstić information content (AvgIpc) is 2.30. The lowest BCUT2D eigenvalue weighted by Crippen LogP contribution is -2.32. The van der Waals surface area contributed by atoms with Crippen LogP contribution in [0.2, 0.25) is 0 Å². The van der Waals surface area contributed by atoms with Crippen molar-refractivity contribution in [3.8, 4) is 5.75 Å². The first-order valence-corrected chi connectivity index (χ1v) is 5.81. The third-order valence-corrected chi connectivity index (χ3v) is 3.41. The maximum absolute atomic E-state index is 9.77. The summed E-state index contributed by atoms with van der Waals surface area (Å²) >= 11 is 0. The topological polar surface area (TPSA) is 23.5 Å². The Morgan fingerprint density at radius 3 is 2.53 bits per heavy atom. The molecule has 0 amide bonds. The fourth-order valence-electron chi connectivity index (χ4n) is 2.39. The number of hydrogen-bond acceptors (Lipinski definition) is 2. The molecule has 15 heavy (non-hydrogen) atoms. The van der Waals surface area contributed by atoms with Crippen LogP contribution in [0.25, 0.3) is 0 Å². The van der Waals surface area contributed by atoms with E-state index in [0.29, 0.717) is 11.7 Å². The van der Waals surface area contributed by atoms with E-state index in [1.807, 2.05) is 12.1 Å². The van der Waals surface area contributed by atoms with Gasteiger partial charge in [0.15, 0.2) is 0 Å². The van der Waals surface area contributed by atoms with E-state index in [9.17, 15) is 5.11 Å². The summed E-state index contributed by atoms with van der Waals surface area (Å²) in [6.45, 7) is 5.68. The molecule has 0 aliphatic carbocycles. The number of likely N-dealkylation sites (tertiary alicyclic amines) is 1. The van der Waals surface area contributed by atoms with E-state index < -0.39 is 0 Å². The first kappa shape index (κ1) is 10.5. The lowest BCUT2D eigenvalue weighted by atomic mass is 9.89. The Morgan fingerprint density at radius 1 is 1.27 bits per heavy atom. The van der Waals surface area contributed by atoms with Crippen LogP contribution in [0.3, 0.4) is 0 Å². The Balaban J connectivity index is 2.04. The molecule has 82 valence electrons. The van der Waals surface area contributed by atoms with Gasteiger partial charge in [-0.15, -0.1) is 0 Å². The number of benzene rings is 1. The second kappa shape index (κ2) is 4.67. The summed E-state index contributed by atoms with van der Waals surface area (Å²) in [7, 11) is 0. The minimum absolute atomic E-state index is 0.465. The molecule has 1 aliphatic heterocycles. The minimum Gasteiger partial charge on any atom is -0.508 e. The minimum atomic E-state index is 0.465. The monoisotopic (exact) mass is 205 g/mol. The number of rotatable bonds is 2. The van der Waals surface area contributed by atoms with Gasteiger partial charge < -0.3 is 10.0 Å². The highest BCUT2D eigenvalue weighted by Gasteiger charge is 2.21. The summed E-state index contributed by atoms with van der Waals surface area (Å²) < 4.78 is 0. The molecule has 1 aromatic carbocycles. The Bertz CT molecular complexity index is 316. The van der Waals surface area contributed by atoms with Crippen LogP contribution in [0.4, 0.5) is 0 Å². The van der Waals surface area contributed by atoms with Gasteiger partial charge in [-0.05, 0) is 50.0 Å². The lowest BCUT2D eigenvalue weighted by Gasteiger charge is -2.31. The van der Waals surface area contributed by atoms with Gasteiger partial charge in [-0.1, -0.05) is 25.1 Å². The predicted octanol–water partition coefficient (Wildman–Crippen LogP) is 2.59. The molecule has 1 aliphatic rings. The standard InChI is InChI=1S/C13H19NO/c1-2-14-9-7-11(8-10-14)12-5-3-4-6-13(12)15/h3-6,11,15H,2,7-10H2,1H3. The van der Waals surface area contributed by atoms with Crippen LogP contribution >= 0.6 is 0 Å². The molecule has 0 bridgehead atoms. The van der Waals surface area contributed by atoms with Crippen LogP contribution in [0, 0.1) is 0 Å². The molecule has 0 saturated carbocycles. The molecule has 1 aromatic rings. The Kier molecular flexibility index (Phi) is 3.27. The third kappa shape index (κ3) is 2.32. The highest BCUT2D eigenvalue weighted by atomic mass is 16.3. The number of para-hydroxylation sites is 1. The molecule has 0 spiro atoms. The summed E-state index contributed by atoms with van der Waals surface area (Å²) in [6.07, 6.45) is 2.34. The summed E-state index contributed by atoms with van der Waals surface area (Å²) in [5, 5.41) is 9.77. The first-order chi connectivity index (χ1) is 7.31. The molecule has 0 atom stereocenters. The molecule has 0 unspecified atom stereocenters. The van der Waals surface area contributed by atoms with Crippen molar-refractivity contribution in [3.63, 3.8) is 0 Å². The van der Waals surface area contributed by atoms with Gasteiger partial charge in [0.25, 0.3) is 0 Å². The highest BCUT2D eigenvalue weighted by Crippen LogP contribution is 2.33. The second-order valence-electron chi connectivity index (χ2n) is 4.27. The molecular formula is C13H19NO. The summed E-state index contributed by atoms with van der Waals surface area (Å²) in [6, 6.07) is 7.75. The van der Waals surface area contributed by atoms with Gasteiger partial charge in [0, 0.05) is 0 Å². The van der Waals surface area contributed by atoms with Gasteiger partial charge in [0.1, 0.15) is 5.75 Å². The molecule has 1 fully saturated rings. The van der Waals surface area contributed by atoms with E-state index >= 15 is 0 Å². The van der Waals surface area contributed by atoms with Crippen molar-refractivity contribution in [3.05, 3.63) is 29.8 Å². The Hall–Kier alpha value is -1.02. The van der Waals surface area contributed by atoms with E-state index in [0.717, 1.165) is 25.2 Å². The van der Waals surface area contributed by atoms with E-state index in [4.69, 9.17) is 0 Å². The van der Waals surface area contributed by atoms with Crippen LogP contribution in [0.15, 0.2) is 24.3 Å². The fourth-order valence-corrected chi connectivity index (χ4v) is 2.39. The molecule has 1 heterocycles. The van der Waals surface area contributed by atoms with Crippen molar-refractivity contribution < 1.29 is 5.11 Å². The molecule has 0 aromatic heterocycles. The molecule has 0 radical (unpaired) electrons. The zero-order valence-electron chi connectivity index (χ0n) is 9.32. The third-order valence-electron chi connectivity index (χ3n) is 3.41. The number of piperidine rings is 1. The predicted molar refractivity (Wildman–Crippen MR) is 62.2 cm³/mol. The van der Waals surface area contributed by atoms with Crippen LogP contribution in [0.1, 0.15) is 31.2 Å². The normalized spacial score (nSPS) is 19.3. The molecule has 2 heteroatoms. The first-order valence-electron chi connectivity index (χ1n) is 5.81. The van der Waals surface area contributed by atoms with Crippen LogP contribution in [0.5, 0.6) is 5.75 Å². The summed E-state index contributed by atoms with van der Waals surface area (Å²) in [5.41, 5.74) is 1.13. The van der Waals surface area contributed by atoms with Crippen LogP contribution < -0.4 is 0 Å². The van der Waals surface area contributed by atoms with Gasteiger partial charge >= 0.3 is 0 Å². The van der Waals surface area contributed by atoms with Gasteiger partial charge in [-0.3, -0.25) is 0 Å². The Labute approximate surface area is 91.5 Å². The number of phenols is 1. The van der Waals surface area contributed by atoms with Gasteiger partial charge in [0.05, 0.1) is 0 Å². The SMILES string of the molecule is CCN1CCC(c2ccccc2O)CC1. The molecular weight excluding hydrogens is 186 g/mol. The number of phenolic OH excluding ortho intramolecular Hbond substituents is 1. The average molecular weight is 205 g/mol. The van der Waals surface area contributed by atoms with E-state index in [2.05, 4.69) is 17.9 Å². The van der Waals surface area contributed by atoms with Gasteiger partial charge in [0.2, 0.25) is 0 Å². The van der Waals surface area contributed by atoms with Crippen molar-refractivity contribution in [2.24, 2.45) is 0 Å². The smallest absolute Gasteiger partial charge is 0.119 e. The van der Waals surface area contributed by atoms with E-state index in [1.165, 1.54) is 12.8 Å². The van der Waals surface area contributed by atoms with Crippen molar-refractivity contribution in [2.75, 3.05) is 19.6 Å². The zero-order valence-corrected chi connectivity index (χ0v) is 9.32. The quantitative estimate of drug-likeness (QED) is 0.802. The number of nitrogens with zero attached hydrogens (tertiary/aromatic N) is 1. The van der Waals surface area contributed by atoms with Crippen molar-refractivity contribution in [1.82, 2.24) is 4.90 Å². The van der Waals surface area contributed by atoms with Crippen molar-refractivity contribution in [1.29, 1.82) is 0 Å². The second-order valence-corrected chi connectivity index (χ2v) is 4.27. The van der Waals surface area contributed by atoms with E-state index in [-0.39, 0.29) is 0 Å². The molecule has 1 saturated heterocycles. The fraction of sp³-hybridized carbons (Fsp3) is 0.538. The maximum Gasteiger partial charge on any atom is 0.119 e. The van der Waals surface area contributed by atoms with E-state index in [1.54, 1.807) is 6.07 Å². The van der Waals surface area contributed by atoms with Gasteiger partial charge in [-0.2, -0.15) is 0 Å². The maximum atomic E-state index is 9.77. The Morgan fingerprint density at radius 2 is 1.93 bits per heavy atom. The van der Waals surface area contributed by atoms with Crippen molar-refractivity contribution in [2.45, 2.75) is 25.7 Å². The summed E-state index contributed by atoms with van der Waals surface area (Å²) in [4.78, 5) is 2.47. The highest BCUT2D eigenvalue weighted by molar-refractivity contribution is 5.35. The van der Waals surface area contributed by atoms with Crippen LogP contribution in [-0.2, 0) is 0 Å². The van der Waals surface area contributed by atoms with Gasteiger partial charge in [-0.25, -0.2) is 0 Å². The molecule has 2 rings (SSSR count). The number of hydrogen-bond donors (Lipinski definition) is 1. The lowest BCUT2D eigenvalue weighted by molar-refractivity contribution is 0.221.